The summed E-state index contributed by atoms with van der Waals surface area (Å²) in [5.74, 6) is 4.71. The Balaban J connectivity index is 1.46. The number of nitrogens with zero attached hydrogens (tertiary/aromatic N) is 2. The Morgan fingerprint density at radius 3 is 2.38 bits per heavy atom. The normalized spacial score (nSPS) is 38.9. The van der Waals surface area contributed by atoms with Crippen molar-refractivity contribution in [2.24, 2.45) is 23.2 Å². The van der Waals surface area contributed by atoms with Gasteiger partial charge in [-0.3, -0.25) is 0 Å². The van der Waals surface area contributed by atoms with Gasteiger partial charge in [0.1, 0.15) is 0 Å². The lowest BCUT2D eigenvalue weighted by molar-refractivity contribution is -0.0556. The molecule has 4 heteroatoms. The predicted molar refractivity (Wildman–Crippen MR) is 80.8 cm³/mol. The van der Waals surface area contributed by atoms with E-state index in [4.69, 9.17) is 4.52 Å². The lowest BCUT2D eigenvalue weighted by Gasteiger charge is -2.56. The van der Waals surface area contributed by atoms with Crippen molar-refractivity contribution in [3.63, 3.8) is 0 Å². The highest BCUT2D eigenvalue weighted by Gasteiger charge is 2.51. The minimum Gasteiger partial charge on any atom is -0.339 e. The van der Waals surface area contributed by atoms with Gasteiger partial charge in [0, 0.05) is 18.9 Å². The van der Waals surface area contributed by atoms with Crippen LogP contribution in [0.2, 0.25) is 0 Å². The summed E-state index contributed by atoms with van der Waals surface area (Å²) in [7, 11) is 1.97. The first kappa shape index (κ1) is 13.7. The maximum atomic E-state index is 5.56. The monoisotopic (exact) mass is 289 g/mol. The molecule has 5 rings (SSSR count). The average Bonchev–Trinajstić information content (AvgIpc) is 2.83. The summed E-state index contributed by atoms with van der Waals surface area (Å²) in [4.78, 5) is 4.66. The third-order valence-corrected chi connectivity index (χ3v) is 6.18. The van der Waals surface area contributed by atoms with Gasteiger partial charge in [0.25, 0.3) is 0 Å². The summed E-state index contributed by atoms with van der Waals surface area (Å²) >= 11 is 0. The minimum absolute atomic E-state index is 0.398. The van der Waals surface area contributed by atoms with Crippen LogP contribution in [-0.4, -0.2) is 23.2 Å². The van der Waals surface area contributed by atoms with Gasteiger partial charge in [-0.25, -0.2) is 0 Å². The quantitative estimate of drug-likeness (QED) is 0.905. The Hall–Kier alpha value is -0.900. The van der Waals surface area contributed by atoms with E-state index in [9.17, 15) is 0 Å². The van der Waals surface area contributed by atoms with E-state index in [1.54, 1.807) is 0 Å². The highest BCUT2D eigenvalue weighted by Crippen LogP contribution is 2.60. The molecule has 0 aromatic carbocycles. The van der Waals surface area contributed by atoms with Crippen molar-refractivity contribution < 1.29 is 4.52 Å². The Labute approximate surface area is 127 Å². The molecule has 0 saturated heterocycles. The predicted octanol–water partition coefficient (Wildman–Crippen LogP) is 2.98. The highest BCUT2D eigenvalue weighted by molar-refractivity contribution is 5.05. The molecule has 21 heavy (non-hydrogen) atoms. The van der Waals surface area contributed by atoms with Crippen LogP contribution in [0.3, 0.4) is 0 Å². The molecule has 0 radical (unpaired) electrons. The van der Waals surface area contributed by atoms with Crippen LogP contribution in [-0.2, 0) is 12.8 Å². The Morgan fingerprint density at radius 2 is 1.81 bits per heavy atom. The molecule has 1 aromatic heterocycles. The Bertz CT molecular complexity index is 475. The fourth-order valence-corrected chi connectivity index (χ4v) is 5.65. The van der Waals surface area contributed by atoms with Gasteiger partial charge in [-0.05, 0) is 75.7 Å². The van der Waals surface area contributed by atoms with Crippen molar-refractivity contribution in [2.75, 3.05) is 7.05 Å². The van der Waals surface area contributed by atoms with E-state index in [0.29, 0.717) is 11.5 Å². The van der Waals surface area contributed by atoms with Gasteiger partial charge >= 0.3 is 0 Å². The molecular formula is C17H27N3O. The van der Waals surface area contributed by atoms with Gasteiger partial charge in [-0.15, -0.1) is 0 Å². The average molecular weight is 289 g/mol. The van der Waals surface area contributed by atoms with Crippen LogP contribution in [0.15, 0.2) is 4.52 Å². The Morgan fingerprint density at radius 1 is 1.19 bits per heavy atom. The van der Waals surface area contributed by atoms with E-state index in [-0.39, 0.29) is 0 Å². The molecule has 0 spiro atoms. The second-order valence-electron chi connectivity index (χ2n) is 8.09. The zero-order valence-electron chi connectivity index (χ0n) is 13.3. The van der Waals surface area contributed by atoms with E-state index in [2.05, 4.69) is 22.4 Å². The number of hydrogen-bond acceptors (Lipinski definition) is 4. The smallest absolute Gasteiger partial charge is 0.227 e. The molecule has 1 heterocycles. The van der Waals surface area contributed by atoms with E-state index in [1.807, 2.05) is 7.05 Å². The molecule has 4 aliphatic rings. The fourth-order valence-electron chi connectivity index (χ4n) is 5.65. The van der Waals surface area contributed by atoms with Crippen LogP contribution in [0.4, 0.5) is 0 Å². The molecule has 1 N–H and O–H groups in total. The summed E-state index contributed by atoms with van der Waals surface area (Å²) in [6.45, 7) is 2.15. The second-order valence-corrected chi connectivity index (χ2v) is 8.09. The van der Waals surface area contributed by atoms with Crippen LogP contribution < -0.4 is 5.32 Å². The fraction of sp³-hybridized carbons (Fsp3) is 0.882. The van der Waals surface area contributed by atoms with E-state index in [1.165, 1.54) is 38.5 Å². The topological polar surface area (TPSA) is 51.0 Å². The molecule has 1 unspecified atom stereocenters. The first-order valence-corrected chi connectivity index (χ1v) is 8.63. The molecule has 4 aliphatic carbocycles. The van der Waals surface area contributed by atoms with Crippen molar-refractivity contribution in [1.29, 1.82) is 0 Å². The van der Waals surface area contributed by atoms with Gasteiger partial charge in [-0.1, -0.05) is 5.16 Å². The first-order valence-electron chi connectivity index (χ1n) is 8.63. The van der Waals surface area contributed by atoms with E-state index >= 15 is 0 Å². The molecular weight excluding hydrogens is 262 g/mol. The lowest BCUT2D eigenvalue weighted by atomic mass is 9.49. The number of rotatable bonds is 5. The molecule has 0 aliphatic heterocycles. The SMILES string of the molecule is CNC(C)Cc1noc(CC23CC4CC(CC(C4)C2)C3)n1. The number of nitrogens with one attached hydrogen (secondary N) is 1. The standard InChI is InChI=1S/C17H27N3O/c1-11(18-2)3-15-19-16(21-20-15)10-17-7-12-4-13(8-17)6-14(5-12)9-17/h11-14,18H,3-10H2,1-2H3. The van der Waals surface area contributed by atoms with Crippen LogP contribution in [0.25, 0.3) is 0 Å². The number of likely N-dealkylation sites (N-methyl/N-ethyl adjacent to an activating group) is 1. The van der Waals surface area contributed by atoms with Gasteiger partial charge in [0.05, 0.1) is 0 Å². The molecule has 4 nitrogen and oxygen atoms in total. The largest absolute Gasteiger partial charge is 0.339 e. The lowest BCUT2D eigenvalue weighted by Crippen LogP contribution is -2.47. The zero-order chi connectivity index (χ0) is 14.4. The molecule has 4 saturated carbocycles. The molecule has 1 aromatic rings. The van der Waals surface area contributed by atoms with Crippen LogP contribution in [0.5, 0.6) is 0 Å². The summed E-state index contributed by atoms with van der Waals surface area (Å²) < 4.78 is 5.56. The highest BCUT2D eigenvalue weighted by atomic mass is 16.5. The van der Waals surface area contributed by atoms with Crippen LogP contribution in [0.1, 0.15) is 57.2 Å². The first-order chi connectivity index (χ1) is 10.1. The van der Waals surface area contributed by atoms with Gasteiger partial charge in [0.2, 0.25) is 5.89 Å². The third kappa shape index (κ3) is 2.63. The summed E-state index contributed by atoms with van der Waals surface area (Å²) in [6.07, 6.45) is 10.6. The van der Waals surface area contributed by atoms with Crippen molar-refractivity contribution in [2.45, 2.75) is 64.3 Å². The number of aromatic nitrogens is 2. The minimum atomic E-state index is 0.398. The van der Waals surface area contributed by atoms with Gasteiger partial charge in [0.15, 0.2) is 5.82 Å². The second kappa shape index (κ2) is 5.08. The summed E-state index contributed by atoms with van der Waals surface area (Å²) in [5.41, 5.74) is 0.493. The molecule has 0 amide bonds. The van der Waals surface area contributed by atoms with Crippen LogP contribution >= 0.6 is 0 Å². The van der Waals surface area contributed by atoms with Crippen LogP contribution in [0, 0.1) is 23.2 Å². The van der Waals surface area contributed by atoms with E-state index in [0.717, 1.165) is 42.3 Å². The number of hydrogen-bond donors (Lipinski definition) is 1. The van der Waals surface area contributed by atoms with E-state index < -0.39 is 0 Å². The third-order valence-electron chi connectivity index (χ3n) is 6.18. The molecule has 4 fully saturated rings. The molecule has 1 atom stereocenters. The van der Waals surface area contributed by atoms with Crippen molar-refractivity contribution >= 4 is 0 Å². The van der Waals surface area contributed by atoms with Gasteiger partial charge < -0.3 is 9.84 Å². The summed E-state index contributed by atoms with van der Waals surface area (Å²) in [5, 5.41) is 7.40. The maximum Gasteiger partial charge on any atom is 0.227 e. The molecule has 4 bridgehead atoms. The Kier molecular flexibility index (Phi) is 3.32. The molecule has 116 valence electrons. The van der Waals surface area contributed by atoms with Gasteiger partial charge in [-0.2, -0.15) is 4.98 Å². The van der Waals surface area contributed by atoms with Crippen molar-refractivity contribution in [3.8, 4) is 0 Å². The zero-order valence-corrected chi connectivity index (χ0v) is 13.3. The summed E-state index contributed by atoms with van der Waals surface area (Å²) in [6, 6.07) is 0.398. The van der Waals surface area contributed by atoms with Crippen molar-refractivity contribution in [1.82, 2.24) is 15.5 Å². The van der Waals surface area contributed by atoms with Crippen molar-refractivity contribution in [3.05, 3.63) is 11.7 Å². The maximum absolute atomic E-state index is 5.56.